The first-order chi connectivity index (χ1) is 14.2. The zero-order valence-electron chi connectivity index (χ0n) is 16.0. The third kappa shape index (κ3) is 4.21. The van der Waals surface area contributed by atoms with E-state index in [1.54, 1.807) is 23.0 Å². The second-order valence-electron chi connectivity index (χ2n) is 7.04. The highest BCUT2D eigenvalue weighted by molar-refractivity contribution is 6.00. The molecule has 0 spiro atoms. The molecule has 0 radical (unpaired) electrons. The summed E-state index contributed by atoms with van der Waals surface area (Å²) in [4.78, 5) is 17.3. The molecule has 2 heterocycles. The van der Waals surface area contributed by atoms with E-state index in [-0.39, 0.29) is 18.3 Å². The van der Waals surface area contributed by atoms with Gasteiger partial charge in [0.25, 0.3) is 5.91 Å². The quantitative estimate of drug-likeness (QED) is 0.722. The van der Waals surface area contributed by atoms with Crippen LogP contribution in [-0.4, -0.2) is 69.9 Å². The number of aliphatic hydroxyl groups is 1. The minimum Gasteiger partial charge on any atom is -0.395 e. The summed E-state index contributed by atoms with van der Waals surface area (Å²) in [6.45, 7) is 3.38. The Labute approximate surface area is 168 Å². The molecule has 1 saturated heterocycles. The molecule has 1 aliphatic heterocycles. The zero-order valence-corrected chi connectivity index (χ0v) is 16.0. The smallest absolute Gasteiger partial charge is 0.257 e. The van der Waals surface area contributed by atoms with Gasteiger partial charge in [-0.2, -0.15) is 5.10 Å². The second kappa shape index (κ2) is 8.55. The van der Waals surface area contributed by atoms with Crippen molar-refractivity contribution in [2.45, 2.75) is 0 Å². The molecular formula is C22H23FN4O2. The molecular weight excluding hydrogens is 371 g/mol. The van der Waals surface area contributed by atoms with Gasteiger partial charge in [0.2, 0.25) is 0 Å². The van der Waals surface area contributed by atoms with Crippen LogP contribution in [0.1, 0.15) is 10.4 Å². The van der Waals surface area contributed by atoms with Gasteiger partial charge < -0.3 is 10.0 Å². The molecule has 1 N–H and O–H groups in total. The minimum absolute atomic E-state index is 0.0878. The number of rotatable bonds is 5. The molecule has 4 rings (SSSR count). The Balaban J connectivity index is 1.67. The van der Waals surface area contributed by atoms with Crippen molar-refractivity contribution in [3.63, 3.8) is 0 Å². The first-order valence-corrected chi connectivity index (χ1v) is 9.69. The average Bonchev–Trinajstić information content (AvgIpc) is 3.21. The number of hydrogen-bond donors (Lipinski definition) is 1. The van der Waals surface area contributed by atoms with E-state index in [0.29, 0.717) is 36.5 Å². The van der Waals surface area contributed by atoms with E-state index in [1.807, 2.05) is 35.2 Å². The average molecular weight is 394 g/mol. The summed E-state index contributed by atoms with van der Waals surface area (Å²) in [5, 5.41) is 13.7. The number of hydrogen-bond acceptors (Lipinski definition) is 4. The lowest BCUT2D eigenvalue weighted by molar-refractivity contribution is 0.0615. The number of para-hydroxylation sites is 1. The standard InChI is InChI=1S/C22H23FN4O2/c23-18-8-6-17(7-9-18)21-20(16-27(24-21)19-4-2-1-3-5-19)22(29)26-12-10-25(11-13-26)14-15-28/h1-9,16,28H,10-15H2. The van der Waals surface area contributed by atoms with E-state index in [1.165, 1.54) is 12.1 Å². The summed E-state index contributed by atoms with van der Waals surface area (Å²) in [6.07, 6.45) is 1.75. The summed E-state index contributed by atoms with van der Waals surface area (Å²) < 4.78 is 15.1. The van der Waals surface area contributed by atoms with Crippen molar-refractivity contribution >= 4 is 5.91 Å². The summed E-state index contributed by atoms with van der Waals surface area (Å²) in [7, 11) is 0. The highest BCUT2D eigenvalue weighted by Crippen LogP contribution is 2.25. The van der Waals surface area contributed by atoms with Crippen LogP contribution in [-0.2, 0) is 0 Å². The lowest BCUT2D eigenvalue weighted by Crippen LogP contribution is -2.49. The van der Waals surface area contributed by atoms with Gasteiger partial charge in [0.1, 0.15) is 11.5 Å². The lowest BCUT2D eigenvalue weighted by atomic mass is 10.1. The van der Waals surface area contributed by atoms with Crippen LogP contribution < -0.4 is 0 Å². The predicted molar refractivity (Wildman–Crippen MR) is 108 cm³/mol. The third-order valence-electron chi connectivity index (χ3n) is 5.16. The normalized spacial score (nSPS) is 14.9. The van der Waals surface area contributed by atoms with Crippen molar-refractivity contribution in [1.82, 2.24) is 19.6 Å². The van der Waals surface area contributed by atoms with E-state index in [0.717, 1.165) is 18.8 Å². The zero-order chi connectivity index (χ0) is 20.2. The maximum atomic E-state index is 13.4. The molecule has 1 amide bonds. The second-order valence-corrected chi connectivity index (χ2v) is 7.04. The van der Waals surface area contributed by atoms with Gasteiger partial charge in [-0.15, -0.1) is 0 Å². The Bertz CT molecular complexity index is 964. The molecule has 1 fully saturated rings. The van der Waals surface area contributed by atoms with E-state index in [4.69, 9.17) is 5.11 Å². The summed E-state index contributed by atoms with van der Waals surface area (Å²) in [5.41, 5.74) is 2.58. The van der Waals surface area contributed by atoms with Gasteiger partial charge in [0.05, 0.1) is 17.9 Å². The van der Waals surface area contributed by atoms with Crippen LogP contribution in [0.5, 0.6) is 0 Å². The van der Waals surface area contributed by atoms with Gasteiger partial charge in [-0.3, -0.25) is 9.69 Å². The Hall–Kier alpha value is -3.03. The molecule has 7 heteroatoms. The molecule has 6 nitrogen and oxygen atoms in total. The van der Waals surface area contributed by atoms with Gasteiger partial charge in [-0.1, -0.05) is 18.2 Å². The number of piperazine rings is 1. The molecule has 0 unspecified atom stereocenters. The maximum absolute atomic E-state index is 13.4. The highest BCUT2D eigenvalue weighted by atomic mass is 19.1. The number of nitrogens with zero attached hydrogens (tertiary/aromatic N) is 4. The molecule has 0 saturated carbocycles. The van der Waals surface area contributed by atoms with Crippen molar-refractivity contribution < 1.29 is 14.3 Å². The van der Waals surface area contributed by atoms with E-state index >= 15 is 0 Å². The Morgan fingerprint density at radius 3 is 2.34 bits per heavy atom. The first-order valence-electron chi connectivity index (χ1n) is 9.69. The molecule has 0 bridgehead atoms. The van der Waals surface area contributed by atoms with Crippen molar-refractivity contribution in [1.29, 1.82) is 0 Å². The van der Waals surface area contributed by atoms with Crippen LogP contribution in [0.4, 0.5) is 4.39 Å². The van der Waals surface area contributed by atoms with Crippen molar-refractivity contribution in [3.8, 4) is 16.9 Å². The summed E-state index contributed by atoms with van der Waals surface area (Å²) in [6, 6.07) is 15.6. The van der Waals surface area contributed by atoms with E-state index in [2.05, 4.69) is 10.00 Å². The molecule has 1 aliphatic rings. The molecule has 0 aliphatic carbocycles. The Morgan fingerprint density at radius 1 is 1.00 bits per heavy atom. The molecule has 0 atom stereocenters. The Kier molecular flexibility index (Phi) is 5.69. The number of β-amino-alcohol motifs (C(OH)–C–C–N with tert-alkyl or cyclic N) is 1. The number of benzene rings is 2. The highest BCUT2D eigenvalue weighted by Gasteiger charge is 2.26. The van der Waals surface area contributed by atoms with Crippen molar-refractivity contribution in [3.05, 3.63) is 72.2 Å². The fourth-order valence-corrected chi connectivity index (χ4v) is 3.55. The SMILES string of the molecule is O=C(c1cn(-c2ccccc2)nc1-c1ccc(F)cc1)N1CCN(CCO)CC1. The number of halogens is 1. The fourth-order valence-electron chi connectivity index (χ4n) is 3.55. The number of amides is 1. The molecule has 2 aromatic carbocycles. The van der Waals surface area contributed by atoms with E-state index < -0.39 is 0 Å². The van der Waals surface area contributed by atoms with Gasteiger partial charge >= 0.3 is 0 Å². The van der Waals surface area contributed by atoms with E-state index in [9.17, 15) is 9.18 Å². The number of aromatic nitrogens is 2. The maximum Gasteiger partial charge on any atom is 0.257 e. The van der Waals surface area contributed by atoms with Gasteiger partial charge in [-0.25, -0.2) is 9.07 Å². The minimum atomic E-state index is -0.330. The van der Waals surface area contributed by atoms with Gasteiger partial charge in [-0.05, 0) is 36.4 Å². The van der Waals surface area contributed by atoms with Crippen LogP contribution in [0, 0.1) is 5.82 Å². The van der Waals surface area contributed by atoms with Gasteiger partial charge in [0.15, 0.2) is 0 Å². The fraction of sp³-hybridized carbons (Fsp3) is 0.273. The van der Waals surface area contributed by atoms with Crippen LogP contribution in [0.2, 0.25) is 0 Å². The number of carbonyl (C=O) groups excluding carboxylic acids is 1. The number of aliphatic hydroxyl groups excluding tert-OH is 1. The van der Waals surface area contributed by atoms with Crippen LogP contribution in [0.15, 0.2) is 60.8 Å². The number of carbonyl (C=O) groups is 1. The summed E-state index contributed by atoms with van der Waals surface area (Å²) >= 11 is 0. The lowest BCUT2D eigenvalue weighted by Gasteiger charge is -2.34. The first kappa shape index (κ1) is 19.3. The molecule has 3 aromatic rings. The van der Waals surface area contributed by atoms with Crippen LogP contribution >= 0.6 is 0 Å². The van der Waals surface area contributed by atoms with Crippen molar-refractivity contribution in [2.24, 2.45) is 0 Å². The third-order valence-corrected chi connectivity index (χ3v) is 5.16. The van der Waals surface area contributed by atoms with Crippen molar-refractivity contribution in [2.75, 3.05) is 39.3 Å². The predicted octanol–water partition coefficient (Wildman–Crippen LogP) is 2.43. The molecule has 1 aromatic heterocycles. The molecule has 150 valence electrons. The van der Waals surface area contributed by atoms with Crippen LogP contribution in [0.3, 0.4) is 0 Å². The largest absolute Gasteiger partial charge is 0.395 e. The molecule has 29 heavy (non-hydrogen) atoms. The topological polar surface area (TPSA) is 61.6 Å². The monoisotopic (exact) mass is 394 g/mol. The summed E-state index contributed by atoms with van der Waals surface area (Å²) in [5.74, 6) is -0.417. The van der Waals surface area contributed by atoms with Gasteiger partial charge in [0, 0.05) is 44.5 Å². The Morgan fingerprint density at radius 2 is 1.69 bits per heavy atom. The van der Waals surface area contributed by atoms with Crippen LogP contribution in [0.25, 0.3) is 16.9 Å².